The van der Waals surface area contributed by atoms with Crippen LogP contribution in [0.15, 0.2) is 65.6 Å². The lowest BCUT2D eigenvalue weighted by Crippen LogP contribution is -2.28. The molecule has 0 radical (unpaired) electrons. The number of nitrogens with one attached hydrogen (secondary N) is 2. The highest BCUT2D eigenvalue weighted by molar-refractivity contribution is 7.89. The van der Waals surface area contributed by atoms with Gasteiger partial charge in [0.1, 0.15) is 5.82 Å². The van der Waals surface area contributed by atoms with E-state index < -0.39 is 15.4 Å². The van der Waals surface area contributed by atoms with Crippen molar-refractivity contribution in [3.8, 4) is 22.8 Å². The monoisotopic (exact) mass is 467 g/mol. The van der Waals surface area contributed by atoms with Crippen LogP contribution in [0.2, 0.25) is 0 Å². The number of rotatable bonds is 8. The van der Waals surface area contributed by atoms with Gasteiger partial charge in [0.25, 0.3) is 0 Å². The molecule has 0 aliphatic heterocycles. The smallest absolute Gasteiger partial charge is 0.240 e. The van der Waals surface area contributed by atoms with Gasteiger partial charge in [-0.1, -0.05) is 24.3 Å². The first kappa shape index (κ1) is 22.8. The molecule has 172 valence electrons. The Balaban J connectivity index is 1.55. The van der Waals surface area contributed by atoms with E-state index >= 15 is 0 Å². The van der Waals surface area contributed by atoms with E-state index in [4.69, 9.17) is 9.47 Å². The zero-order valence-electron chi connectivity index (χ0n) is 18.6. The zero-order chi connectivity index (χ0) is 23.6. The van der Waals surface area contributed by atoms with E-state index in [2.05, 4.69) is 15.0 Å². The summed E-state index contributed by atoms with van der Waals surface area (Å²) in [6.07, 6.45) is 1.46. The average molecular weight is 468 g/mol. The highest BCUT2D eigenvalue weighted by atomic mass is 32.2. The number of methoxy groups -OCH3 is 2. The lowest BCUT2D eigenvalue weighted by Gasteiger charge is -2.18. The number of nitrogens with zero attached hydrogens (tertiary/aromatic N) is 1. The number of ether oxygens (including phenoxy) is 2. The Morgan fingerprint density at radius 1 is 0.970 bits per heavy atom. The molecule has 2 aromatic carbocycles. The van der Waals surface area contributed by atoms with Crippen LogP contribution in [0.25, 0.3) is 11.3 Å². The lowest BCUT2D eigenvalue weighted by molar-refractivity contribution is -0.118. The average Bonchev–Trinajstić information content (AvgIpc) is 3.66. The third-order valence-corrected chi connectivity index (χ3v) is 7.27. The number of aromatic nitrogens is 1. The van der Waals surface area contributed by atoms with Gasteiger partial charge in [-0.05, 0) is 61.9 Å². The van der Waals surface area contributed by atoms with E-state index in [1.807, 2.05) is 12.1 Å². The van der Waals surface area contributed by atoms with Crippen LogP contribution in [0.5, 0.6) is 11.5 Å². The number of carbonyl (C=O) groups excluding carboxylic acids is 1. The first-order valence-electron chi connectivity index (χ1n) is 10.4. The number of hydrogen-bond donors (Lipinski definition) is 2. The third-order valence-electron chi connectivity index (χ3n) is 5.84. The van der Waals surface area contributed by atoms with Gasteiger partial charge >= 0.3 is 0 Å². The van der Waals surface area contributed by atoms with Gasteiger partial charge in [0.2, 0.25) is 15.9 Å². The van der Waals surface area contributed by atoms with Gasteiger partial charge in [0.15, 0.2) is 11.5 Å². The van der Waals surface area contributed by atoms with E-state index in [9.17, 15) is 13.2 Å². The number of hydrogen-bond acceptors (Lipinski definition) is 6. The molecule has 1 aliphatic rings. The fourth-order valence-electron chi connectivity index (χ4n) is 3.73. The van der Waals surface area contributed by atoms with Crippen molar-refractivity contribution in [1.82, 2.24) is 9.71 Å². The fraction of sp³-hybridized carbons (Fsp3) is 0.250. The Labute approximate surface area is 193 Å². The van der Waals surface area contributed by atoms with E-state index in [1.54, 1.807) is 50.6 Å². The molecule has 2 N–H and O–H groups in total. The molecular formula is C24H25N3O5S. The third kappa shape index (κ3) is 4.42. The standard InChI is InChI=1S/C24H25N3O5S/c1-25-33(29,30)18-10-7-16(8-11-18)19-5-4-6-22(26-19)27-23(28)24(13-14-24)17-9-12-20(31-2)21(15-17)32-3/h4-12,15,25H,13-14H2,1-3H3,(H,26,27,28). The van der Waals surface area contributed by atoms with Crippen molar-refractivity contribution in [3.63, 3.8) is 0 Å². The van der Waals surface area contributed by atoms with Crippen molar-refractivity contribution < 1.29 is 22.7 Å². The maximum atomic E-state index is 13.2. The number of anilines is 1. The Hall–Kier alpha value is -3.43. The first-order chi connectivity index (χ1) is 15.8. The largest absolute Gasteiger partial charge is 0.493 e. The second kappa shape index (κ2) is 8.84. The Morgan fingerprint density at radius 2 is 1.67 bits per heavy atom. The first-order valence-corrected chi connectivity index (χ1v) is 11.9. The molecule has 0 spiro atoms. The van der Waals surface area contributed by atoms with Gasteiger partial charge < -0.3 is 14.8 Å². The molecule has 1 amide bonds. The molecule has 0 saturated heterocycles. The predicted octanol–water partition coefficient (Wildman–Crippen LogP) is 3.34. The number of sulfonamides is 1. The molecule has 1 aliphatic carbocycles. The molecule has 0 atom stereocenters. The number of carbonyl (C=O) groups is 1. The van der Waals surface area contributed by atoms with E-state index in [0.29, 0.717) is 23.0 Å². The molecule has 1 fully saturated rings. The van der Waals surface area contributed by atoms with Gasteiger partial charge in [-0.25, -0.2) is 18.1 Å². The van der Waals surface area contributed by atoms with Crippen molar-refractivity contribution in [1.29, 1.82) is 0 Å². The van der Waals surface area contributed by atoms with Crippen molar-refractivity contribution in [2.45, 2.75) is 23.2 Å². The molecule has 1 heterocycles. The maximum absolute atomic E-state index is 13.2. The van der Waals surface area contributed by atoms with Crippen LogP contribution < -0.4 is 19.5 Å². The topological polar surface area (TPSA) is 107 Å². The van der Waals surface area contributed by atoms with Gasteiger partial charge in [0.05, 0.1) is 30.2 Å². The summed E-state index contributed by atoms with van der Waals surface area (Å²) in [5.74, 6) is 1.49. The maximum Gasteiger partial charge on any atom is 0.240 e. The quantitative estimate of drug-likeness (QED) is 0.526. The lowest BCUT2D eigenvalue weighted by atomic mass is 9.94. The molecule has 0 unspecified atom stereocenters. The van der Waals surface area contributed by atoms with Gasteiger partial charge in [-0.3, -0.25) is 4.79 Å². The second-order valence-electron chi connectivity index (χ2n) is 7.75. The van der Waals surface area contributed by atoms with Crippen LogP contribution >= 0.6 is 0 Å². The van der Waals surface area contributed by atoms with Crippen LogP contribution in [0, 0.1) is 0 Å². The molecular weight excluding hydrogens is 442 g/mol. The SMILES string of the molecule is CNS(=O)(=O)c1ccc(-c2cccc(NC(=O)C3(c4ccc(OC)c(OC)c4)CC3)n2)cc1. The summed E-state index contributed by atoms with van der Waals surface area (Å²) >= 11 is 0. The summed E-state index contributed by atoms with van der Waals surface area (Å²) in [7, 11) is 0.995. The predicted molar refractivity (Wildman–Crippen MR) is 125 cm³/mol. The minimum atomic E-state index is -3.51. The summed E-state index contributed by atoms with van der Waals surface area (Å²) in [4.78, 5) is 17.9. The van der Waals surface area contributed by atoms with Gasteiger partial charge in [-0.2, -0.15) is 0 Å². The van der Waals surface area contributed by atoms with Crippen molar-refractivity contribution in [2.75, 3.05) is 26.6 Å². The molecule has 8 nitrogen and oxygen atoms in total. The summed E-state index contributed by atoms with van der Waals surface area (Å²) in [5, 5.41) is 2.94. The summed E-state index contributed by atoms with van der Waals surface area (Å²) < 4.78 is 36.8. The zero-order valence-corrected chi connectivity index (χ0v) is 19.4. The Kier molecular flexibility index (Phi) is 6.09. The second-order valence-corrected chi connectivity index (χ2v) is 9.63. The number of benzene rings is 2. The van der Waals surface area contributed by atoms with Crippen molar-refractivity contribution >= 4 is 21.7 Å². The molecule has 33 heavy (non-hydrogen) atoms. The molecule has 3 aromatic rings. The molecule has 4 rings (SSSR count). The van der Waals surface area contributed by atoms with Crippen LogP contribution in [0.1, 0.15) is 18.4 Å². The van der Waals surface area contributed by atoms with E-state index in [-0.39, 0.29) is 10.8 Å². The van der Waals surface area contributed by atoms with Crippen molar-refractivity contribution in [2.24, 2.45) is 0 Å². The minimum Gasteiger partial charge on any atom is -0.493 e. The Bertz CT molecular complexity index is 1290. The van der Waals surface area contributed by atoms with Gasteiger partial charge in [0, 0.05) is 5.56 Å². The molecule has 0 bridgehead atoms. The normalized spacial score (nSPS) is 14.4. The van der Waals surface area contributed by atoms with Crippen LogP contribution in [-0.4, -0.2) is 40.6 Å². The molecule has 9 heteroatoms. The Morgan fingerprint density at radius 3 is 2.27 bits per heavy atom. The molecule has 1 aromatic heterocycles. The highest BCUT2D eigenvalue weighted by Crippen LogP contribution is 2.50. The summed E-state index contributed by atoms with van der Waals surface area (Å²) in [6, 6.07) is 17.3. The molecule has 1 saturated carbocycles. The van der Waals surface area contributed by atoms with Crippen LogP contribution in [0.4, 0.5) is 5.82 Å². The number of pyridine rings is 1. The number of amides is 1. The van der Waals surface area contributed by atoms with Gasteiger partial charge in [-0.15, -0.1) is 0 Å². The minimum absolute atomic E-state index is 0.130. The van der Waals surface area contributed by atoms with Crippen LogP contribution in [0.3, 0.4) is 0 Å². The van der Waals surface area contributed by atoms with E-state index in [0.717, 1.165) is 24.0 Å². The summed E-state index contributed by atoms with van der Waals surface area (Å²) in [5.41, 5.74) is 1.61. The fourth-order valence-corrected chi connectivity index (χ4v) is 4.46. The van der Waals surface area contributed by atoms with E-state index in [1.165, 1.54) is 19.2 Å². The van der Waals surface area contributed by atoms with Crippen LogP contribution in [-0.2, 0) is 20.2 Å². The highest BCUT2D eigenvalue weighted by Gasteiger charge is 2.51. The summed E-state index contributed by atoms with van der Waals surface area (Å²) in [6.45, 7) is 0. The van der Waals surface area contributed by atoms with Crippen molar-refractivity contribution in [3.05, 3.63) is 66.2 Å².